The maximum atomic E-state index is 11.5. The molecular formula is C12H22N4O. The first-order valence-corrected chi connectivity index (χ1v) is 6.02. The minimum Gasteiger partial charge on any atom is -0.351 e. The van der Waals surface area contributed by atoms with Crippen molar-refractivity contribution >= 4 is 5.91 Å². The van der Waals surface area contributed by atoms with Crippen molar-refractivity contribution in [3.05, 3.63) is 17.0 Å². The van der Waals surface area contributed by atoms with Crippen molar-refractivity contribution in [2.75, 3.05) is 13.1 Å². The molecule has 1 aromatic rings. The van der Waals surface area contributed by atoms with Crippen molar-refractivity contribution in [1.29, 1.82) is 0 Å². The van der Waals surface area contributed by atoms with Gasteiger partial charge >= 0.3 is 0 Å². The quantitative estimate of drug-likeness (QED) is 0.716. The molecule has 0 atom stereocenters. The second-order valence-corrected chi connectivity index (χ2v) is 4.23. The molecule has 1 amide bonds. The van der Waals surface area contributed by atoms with Crippen LogP contribution >= 0.6 is 0 Å². The third-order valence-electron chi connectivity index (χ3n) is 2.83. The zero-order chi connectivity index (χ0) is 12.8. The molecule has 5 heteroatoms. The maximum absolute atomic E-state index is 11.5. The van der Waals surface area contributed by atoms with Crippen LogP contribution in [-0.2, 0) is 18.4 Å². The van der Waals surface area contributed by atoms with Crippen LogP contribution in [0, 0.1) is 13.8 Å². The Hall–Kier alpha value is -1.36. The van der Waals surface area contributed by atoms with Gasteiger partial charge in [-0.05, 0) is 26.8 Å². The molecule has 0 unspecified atom stereocenters. The van der Waals surface area contributed by atoms with Crippen molar-refractivity contribution in [3.8, 4) is 0 Å². The minimum atomic E-state index is 0.0288. The molecule has 1 rings (SSSR count). The van der Waals surface area contributed by atoms with E-state index in [1.165, 1.54) is 0 Å². The molecule has 1 heterocycles. The second-order valence-electron chi connectivity index (χ2n) is 4.23. The highest BCUT2D eigenvalue weighted by Gasteiger charge is 2.10. The smallest absolute Gasteiger partial charge is 0.234 e. The normalized spacial score (nSPS) is 10.6. The summed E-state index contributed by atoms with van der Waals surface area (Å²) in [7, 11) is 1.91. The van der Waals surface area contributed by atoms with Crippen molar-refractivity contribution in [3.63, 3.8) is 0 Å². The summed E-state index contributed by atoms with van der Waals surface area (Å²) in [6, 6.07) is 0. The van der Waals surface area contributed by atoms with E-state index in [4.69, 9.17) is 0 Å². The summed E-state index contributed by atoms with van der Waals surface area (Å²) >= 11 is 0. The average molecular weight is 238 g/mol. The monoisotopic (exact) mass is 238 g/mol. The number of rotatable bonds is 6. The fraction of sp³-hybridized carbons (Fsp3) is 0.667. The van der Waals surface area contributed by atoms with E-state index in [2.05, 4.69) is 22.7 Å². The summed E-state index contributed by atoms with van der Waals surface area (Å²) in [5, 5.41) is 10.3. The molecule has 2 N–H and O–H groups in total. The van der Waals surface area contributed by atoms with Crippen LogP contribution in [0.25, 0.3) is 0 Å². The van der Waals surface area contributed by atoms with Crippen molar-refractivity contribution in [2.45, 2.75) is 33.7 Å². The third kappa shape index (κ3) is 3.85. The summed E-state index contributed by atoms with van der Waals surface area (Å²) in [5.74, 6) is 0.0288. The van der Waals surface area contributed by atoms with E-state index in [1.807, 2.05) is 25.6 Å². The number of aromatic nitrogens is 2. The van der Waals surface area contributed by atoms with Crippen molar-refractivity contribution in [1.82, 2.24) is 20.4 Å². The Morgan fingerprint density at radius 3 is 2.65 bits per heavy atom. The first kappa shape index (κ1) is 13.7. The lowest BCUT2D eigenvalue weighted by Gasteiger charge is -2.06. The number of carbonyl (C=O) groups is 1. The number of hydrogen-bond donors (Lipinski definition) is 2. The minimum absolute atomic E-state index is 0.0288. The number of nitrogens with one attached hydrogen (secondary N) is 2. The number of hydrogen-bond acceptors (Lipinski definition) is 3. The number of carbonyl (C=O) groups excluding carboxylic acids is 1. The van der Waals surface area contributed by atoms with Gasteiger partial charge in [-0.25, -0.2) is 0 Å². The lowest BCUT2D eigenvalue weighted by Crippen LogP contribution is -2.33. The van der Waals surface area contributed by atoms with Crippen LogP contribution in [0.4, 0.5) is 0 Å². The first-order valence-electron chi connectivity index (χ1n) is 6.02. The van der Waals surface area contributed by atoms with Crippen LogP contribution in [0.1, 0.15) is 30.3 Å². The van der Waals surface area contributed by atoms with Crippen LogP contribution in [0.3, 0.4) is 0 Å². The molecular weight excluding hydrogens is 216 g/mol. The number of amides is 1. The Kier molecular flexibility index (Phi) is 5.15. The Morgan fingerprint density at radius 1 is 1.41 bits per heavy atom. The van der Waals surface area contributed by atoms with Gasteiger partial charge in [0.1, 0.15) is 0 Å². The van der Waals surface area contributed by atoms with E-state index in [0.29, 0.717) is 13.1 Å². The largest absolute Gasteiger partial charge is 0.351 e. The summed E-state index contributed by atoms with van der Waals surface area (Å²) in [6.45, 7) is 7.86. The molecule has 0 fully saturated rings. The van der Waals surface area contributed by atoms with Gasteiger partial charge < -0.3 is 10.6 Å². The highest BCUT2D eigenvalue weighted by atomic mass is 16.1. The summed E-state index contributed by atoms with van der Waals surface area (Å²) in [6.07, 6.45) is 1.04. The second kappa shape index (κ2) is 6.39. The van der Waals surface area contributed by atoms with Crippen LogP contribution in [-0.4, -0.2) is 28.8 Å². The number of aryl methyl sites for hydroxylation is 2. The van der Waals surface area contributed by atoms with Gasteiger partial charge in [0.15, 0.2) is 0 Å². The SMILES string of the molecule is CCCNCC(=O)NCc1c(C)nn(C)c1C. The molecule has 0 radical (unpaired) electrons. The highest BCUT2D eigenvalue weighted by molar-refractivity contribution is 5.78. The average Bonchev–Trinajstić information content (AvgIpc) is 2.51. The zero-order valence-electron chi connectivity index (χ0n) is 11.1. The molecule has 0 spiro atoms. The van der Waals surface area contributed by atoms with Gasteiger partial charge in [-0.2, -0.15) is 5.10 Å². The van der Waals surface area contributed by atoms with E-state index in [9.17, 15) is 4.79 Å². The van der Waals surface area contributed by atoms with Gasteiger partial charge in [0.25, 0.3) is 0 Å². The standard InChI is InChI=1S/C12H22N4O/c1-5-6-13-8-12(17)14-7-11-9(2)15-16(4)10(11)3/h13H,5-8H2,1-4H3,(H,14,17). The van der Waals surface area contributed by atoms with Crippen LogP contribution in [0.5, 0.6) is 0 Å². The fourth-order valence-electron chi connectivity index (χ4n) is 1.70. The summed E-state index contributed by atoms with van der Waals surface area (Å²) < 4.78 is 1.84. The van der Waals surface area contributed by atoms with E-state index in [1.54, 1.807) is 0 Å². The van der Waals surface area contributed by atoms with Gasteiger partial charge in [-0.3, -0.25) is 9.48 Å². The predicted octanol–water partition coefficient (Wildman–Crippen LogP) is 0.653. The van der Waals surface area contributed by atoms with Gasteiger partial charge in [0.05, 0.1) is 12.2 Å². The third-order valence-corrected chi connectivity index (χ3v) is 2.83. The maximum Gasteiger partial charge on any atom is 0.234 e. The molecule has 96 valence electrons. The molecule has 0 bridgehead atoms. The van der Waals surface area contributed by atoms with Gasteiger partial charge in [-0.15, -0.1) is 0 Å². The highest BCUT2D eigenvalue weighted by Crippen LogP contribution is 2.10. The van der Waals surface area contributed by atoms with Crippen molar-refractivity contribution in [2.24, 2.45) is 7.05 Å². The van der Waals surface area contributed by atoms with E-state index in [0.717, 1.165) is 29.9 Å². The summed E-state index contributed by atoms with van der Waals surface area (Å²) in [4.78, 5) is 11.5. The Balaban J connectivity index is 2.42. The predicted molar refractivity (Wildman–Crippen MR) is 67.7 cm³/mol. The molecule has 1 aromatic heterocycles. The zero-order valence-corrected chi connectivity index (χ0v) is 11.1. The number of nitrogens with zero attached hydrogens (tertiary/aromatic N) is 2. The van der Waals surface area contributed by atoms with Crippen LogP contribution < -0.4 is 10.6 Å². The van der Waals surface area contributed by atoms with Crippen molar-refractivity contribution < 1.29 is 4.79 Å². The molecule has 5 nitrogen and oxygen atoms in total. The lowest BCUT2D eigenvalue weighted by atomic mass is 10.2. The molecule has 0 aromatic carbocycles. The molecule has 0 aliphatic carbocycles. The van der Waals surface area contributed by atoms with Gasteiger partial charge in [0, 0.05) is 24.8 Å². The lowest BCUT2D eigenvalue weighted by molar-refractivity contribution is -0.120. The Bertz CT molecular complexity index is 384. The molecule has 0 saturated carbocycles. The molecule has 17 heavy (non-hydrogen) atoms. The van der Waals surface area contributed by atoms with Crippen LogP contribution in [0.15, 0.2) is 0 Å². The molecule has 0 aliphatic heterocycles. The Morgan fingerprint density at radius 2 is 2.12 bits per heavy atom. The van der Waals surface area contributed by atoms with E-state index >= 15 is 0 Å². The Labute approximate surface area is 103 Å². The van der Waals surface area contributed by atoms with E-state index < -0.39 is 0 Å². The molecule has 0 saturated heterocycles. The van der Waals surface area contributed by atoms with Gasteiger partial charge in [0.2, 0.25) is 5.91 Å². The van der Waals surface area contributed by atoms with Gasteiger partial charge in [-0.1, -0.05) is 6.92 Å². The first-order chi connectivity index (χ1) is 8.06. The van der Waals surface area contributed by atoms with E-state index in [-0.39, 0.29) is 5.91 Å². The fourth-order valence-corrected chi connectivity index (χ4v) is 1.70. The molecule has 0 aliphatic rings. The summed E-state index contributed by atoms with van der Waals surface area (Å²) in [5.41, 5.74) is 3.19. The topological polar surface area (TPSA) is 59.0 Å². The van der Waals surface area contributed by atoms with Crippen LogP contribution in [0.2, 0.25) is 0 Å².